The summed E-state index contributed by atoms with van der Waals surface area (Å²) < 4.78 is 10.4. The van der Waals surface area contributed by atoms with Crippen molar-refractivity contribution in [3.8, 4) is 11.5 Å². The minimum Gasteiger partial charge on any atom is -0.493 e. The van der Waals surface area contributed by atoms with Crippen LogP contribution in [0.1, 0.15) is 21.7 Å². The van der Waals surface area contributed by atoms with Crippen LogP contribution in [0.4, 0.5) is 0 Å². The van der Waals surface area contributed by atoms with Crippen LogP contribution in [0.5, 0.6) is 11.5 Å². The molecular formula is C17H17N5O3. The van der Waals surface area contributed by atoms with Crippen molar-refractivity contribution in [2.24, 2.45) is 5.10 Å². The van der Waals surface area contributed by atoms with Crippen LogP contribution in [0.25, 0.3) is 11.2 Å². The number of ether oxygens (including phenoxy) is 2. The molecule has 0 saturated heterocycles. The van der Waals surface area contributed by atoms with E-state index < -0.39 is 5.91 Å². The van der Waals surface area contributed by atoms with Crippen molar-refractivity contribution in [2.75, 3.05) is 14.2 Å². The number of aryl methyl sites for hydroxylation is 1. The number of benzene rings is 1. The van der Waals surface area contributed by atoms with E-state index in [0.29, 0.717) is 17.1 Å². The van der Waals surface area contributed by atoms with Crippen molar-refractivity contribution >= 4 is 23.3 Å². The van der Waals surface area contributed by atoms with Crippen molar-refractivity contribution in [2.45, 2.75) is 6.92 Å². The van der Waals surface area contributed by atoms with Gasteiger partial charge in [0.25, 0.3) is 0 Å². The number of methoxy groups -OCH3 is 2. The maximum Gasteiger partial charge on any atom is 0.307 e. The number of imidazole rings is 1. The van der Waals surface area contributed by atoms with E-state index in [9.17, 15) is 4.79 Å². The number of fused-ring (bicyclic) bond motifs is 1. The number of nitrogens with one attached hydrogen (secondary N) is 2. The number of aromatic amines is 1. The van der Waals surface area contributed by atoms with Crippen LogP contribution >= 0.6 is 0 Å². The number of amides is 1. The lowest BCUT2D eigenvalue weighted by Gasteiger charge is -2.07. The highest BCUT2D eigenvalue weighted by atomic mass is 16.5. The van der Waals surface area contributed by atoms with Crippen LogP contribution in [0, 0.1) is 6.92 Å². The first-order chi connectivity index (χ1) is 12.1. The summed E-state index contributed by atoms with van der Waals surface area (Å²) in [4.78, 5) is 23.4. The number of hydrazone groups is 1. The molecule has 0 spiro atoms. The number of aromatic nitrogens is 3. The third-order valence-corrected chi connectivity index (χ3v) is 3.60. The molecule has 0 aliphatic carbocycles. The SMILES string of the molecule is COc1ccc(/C=N/NC(=O)c2nc3nccc(C)c3[nH]2)cc1OC. The molecule has 0 aliphatic rings. The van der Waals surface area contributed by atoms with Gasteiger partial charge in [0.2, 0.25) is 5.82 Å². The molecule has 3 aromatic rings. The maximum atomic E-state index is 12.1. The molecular weight excluding hydrogens is 322 g/mol. The molecule has 0 unspecified atom stereocenters. The third-order valence-electron chi connectivity index (χ3n) is 3.60. The van der Waals surface area contributed by atoms with Crippen LogP contribution in [0.15, 0.2) is 35.6 Å². The molecule has 0 aliphatic heterocycles. The predicted molar refractivity (Wildman–Crippen MR) is 93.2 cm³/mol. The van der Waals surface area contributed by atoms with Gasteiger partial charge in [-0.05, 0) is 42.3 Å². The first-order valence-electron chi connectivity index (χ1n) is 7.49. The van der Waals surface area contributed by atoms with Gasteiger partial charge in [-0.15, -0.1) is 0 Å². The van der Waals surface area contributed by atoms with E-state index >= 15 is 0 Å². The van der Waals surface area contributed by atoms with Crippen LogP contribution in [-0.4, -0.2) is 41.3 Å². The van der Waals surface area contributed by atoms with Crippen molar-refractivity contribution in [1.82, 2.24) is 20.4 Å². The van der Waals surface area contributed by atoms with Crippen molar-refractivity contribution in [3.63, 3.8) is 0 Å². The smallest absolute Gasteiger partial charge is 0.307 e. The van der Waals surface area contributed by atoms with E-state index in [1.165, 1.54) is 6.21 Å². The summed E-state index contributed by atoms with van der Waals surface area (Å²) in [5.74, 6) is 0.904. The second-order valence-electron chi connectivity index (χ2n) is 5.23. The number of pyridine rings is 1. The molecule has 0 saturated carbocycles. The normalized spacial score (nSPS) is 11.0. The third kappa shape index (κ3) is 3.42. The Morgan fingerprint density at radius 2 is 2.04 bits per heavy atom. The van der Waals surface area contributed by atoms with Gasteiger partial charge in [-0.3, -0.25) is 4.79 Å². The molecule has 128 valence electrons. The van der Waals surface area contributed by atoms with Gasteiger partial charge in [-0.25, -0.2) is 15.4 Å². The molecule has 0 fully saturated rings. The summed E-state index contributed by atoms with van der Waals surface area (Å²) in [6.45, 7) is 1.92. The molecule has 1 amide bonds. The molecule has 25 heavy (non-hydrogen) atoms. The zero-order valence-corrected chi connectivity index (χ0v) is 14.0. The van der Waals surface area contributed by atoms with E-state index in [0.717, 1.165) is 16.6 Å². The Balaban J connectivity index is 1.72. The summed E-state index contributed by atoms with van der Waals surface area (Å²) in [5, 5.41) is 3.94. The number of hydrogen-bond donors (Lipinski definition) is 2. The molecule has 2 aromatic heterocycles. The molecule has 8 heteroatoms. The van der Waals surface area contributed by atoms with Gasteiger partial charge in [0.1, 0.15) is 0 Å². The average Bonchev–Trinajstić information content (AvgIpc) is 3.07. The Kier molecular flexibility index (Phi) is 4.60. The highest BCUT2D eigenvalue weighted by molar-refractivity contribution is 5.94. The Morgan fingerprint density at radius 3 is 2.76 bits per heavy atom. The molecule has 1 aromatic carbocycles. The fraction of sp³-hybridized carbons (Fsp3) is 0.176. The first kappa shape index (κ1) is 16.4. The Hall–Kier alpha value is -3.42. The van der Waals surface area contributed by atoms with E-state index in [2.05, 4.69) is 25.5 Å². The zero-order valence-electron chi connectivity index (χ0n) is 14.0. The summed E-state index contributed by atoms with van der Waals surface area (Å²) in [5.41, 5.74) is 5.37. The second kappa shape index (κ2) is 7.00. The topological polar surface area (TPSA) is 101 Å². The molecule has 2 N–H and O–H groups in total. The summed E-state index contributed by atoms with van der Waals surface area (Å²) >= 11 is 0. The highest BCUT2D eigenvalue weighted by Crippen LogP contribution is 2.26. The van der Waals surface area contributed by atoms with E-state index in [1.54, 1.807) is 38.6 Å². The number of carbonyl (C=O) groups excluding carboxylic acids is 1. The van der Waals surface area contributed by atoms with Gasteiger partial charge in [0.05, 0.1) is 26.0 Å². The fourth-order valence-corrected chi connectivity index (χ4v) is 2.29. The second-order valence-corrected chi connectivity index (χ2v) is 5.23. The van der Waals surface area contributed by atoms with Gasteiger partial charge in [-0.1, -0.05) is 0 Å². The summed E-state index contributed by atoms with van der Waals surface area (Å²) in [7, 11) is 3.12. The van der Waals surface area contributed by atoms with Crippen LogP contribution in [0.2, 0.25) is 0 Å². The predicted octanol–water partition coefficient (Wildman–Crippen LogP) is 2.05. The largest absolute Gasteiger partial charge is 0.493 e. The standard InChI is InChI=1S/C17H17N5O3/c1-10-6-7-18-15-14(10)20-16(21-15)17(23)22-19-9-11-4-5-12(24-2)13(8-11)25-3/h4-9H,1-3H3,(H,22,23)(H,18,20,21)/b19-9+. The van der Waals surface area contributed by atoms with Gasteiger partial charge < -0.3 is 14.5 Å². The van der Waals surface area contributed by atoms with E-state index in [-0.39, 0.29) is 5.82 Å². The van der Waals surface area contributed by atoms with Gasteiger partial charge >= 0.3 is 5.91 Å². The quantitative estimate of drug-likeness (QED) is 0.547. The van der Waals surface area contributed by atoms with E-state index in [4.69, 9.17) is 9.47 Å². The highest BCUT2D eigenvalue weighted by Gasteiger charge is 2.12. The van der Waals surface area contributed by atoms with Gasteiger partial charge in [0, 0.05) is 6.20 Å². The first-order valence-corrected chi connectivity index (χ1v) is 7.49. The number of H-pyrrole nitrogens is 1. The molecule has 0 bridgehead atoms. The monoisotopic (exact) mass is 339 g/mol. The lowest BCUT2D eigenvalue weighted by atomic mass is 10.2. The average molecular weight is 339 g/mol. The number of carbonyl (C=O) groups is 1. The summed E-state index contributed by atoms with van der Waals surface area (Å²) in [6.07, 6.45) is 3.15. The number of rotatable bonds is 5. The molecule has 8 nitrogen and oxygen atoms in total. The lowest BCUT2D eigenvalue weighted by Crippen LogP contribution is -2.19. The van der Waals surface area contributed by atoms with Gasteiger partial charge in [0.15, 0.2) is 17.1 Å². The van der Waals surface area contributed by atoms with Crippen LogP contribution in [-0.2, 0) is 0 Å². The fourth-order valence-electron chi connectivity index (χ4n) is 2.29. The van der Waals surface area contributed by atoms with Crippen LogP contribution < -0.4 is 14.9 Å². The number of hydrogen-bond acceptors (Lipinski definition) is 6. The maximum absolute atomic E-state index is 12.1. The molecule has 3 rings (SSSR count). The Labute approximate surface area is 143 Å². The molecule has 0 atom stereocenters. The number of nitrogens with zero attached hydrogens (tertiary/aromatic N) is 3. The zero-order chi connectivity index (χ0) is 17.8. The minimum atomic E-state index is -0.450. The minimum absolute atomic E-state index is 0.154. The Morgan fingerprint density at radius 1 is 1.24 bits per heavy atom. The van der Waals surface area contributed by atoms with Crippen molar-refractivity contribution in [3.05, 3.63) is 47.4 Å². The molecule has 2 heterocycles. The summed E-state index contributed by atoms with van der Waals surface area (Å²) in [6, 6.07) is 7.15. The van der Waals surface area contributed by atoms with Gasteiger partial charge in [-0.2, -0.15) is 5.10 Å². The Bertz CT molecular complexity index is 949. The van der Waals surface area contributed by atoms with E-state index in [1.807, 2.05) is 13.0 Å². The molecule has 0 radical (unpaired) electrons. The van der Waals surface area contributed by atoms with Crippen molar-refractivity contribution in [1.29, 1.82) is 0 Å². The lowest BCUT2D eigenvalue weighted by molar-refractivity contribution is 0.0946. The van der Waals surface area contributed by atoms with Crippen LogP contribution in [0.3, 0.4) is 0 Å². The van der Waals surface area contributed by atoms with Crippen molar-refractivity contribution < 1.29 is 14.3 Å².